The molecule has 0 amide bonds. The van der Waals surface area contributed by atoms with E-state index in [-0.39, 0.29) is 28.7 Å². The van der Waals surface area contributed by atoms with Gasteiger partial charge in [0, 0.05) is 17.5 Å². The monoisotopic (exact) mass is 662 g/mol. The minimum atomic E-state index is -4.65. The maximum absolute atomic E-state index is 13.5. The second-order valence-electron chi connectivity index (χ2n) is 12.6. The zero-order valence-corrected chi connectivity index (χ0v) is 27.6. The summed E-state index contributed by atoms with van der Waals surface area (Å²) in [5.41, 5.74) is 0.00333. The fourth-order valence-corrected chi connectivity index (χ4v) is 7.37. The lowest BCUT2D eigenvalue weighted by Gasteiger charge is -2.40. The number of pyridine rings is 1. The largest absolute Gasteiger partial charge is 0.511 e. The normalized spacial score (nSPS) is 17.9. The molecular weight excluding hydrogens is 626 g/mol. The Morgan fingerprint density at radius 2 is 1.76 bits per heavy atom. The van der Waals surface area contributed by atoms with Crippen LogP contribution in [0, 0.1) is 12.8 Å². The number of esters is 1. The summed E-state index contributed by atoms with van der Waals surface area (Å²) < 4.78 is 73.5. The van der Waals surface area contributed by atoms with E-state index in [4.69, 9.17) is 4.74 Å². The third-order valence-corrected chi connectivity index (χ3v) is 10.3. The van der Waals surface area contributed by atoms with E-state index >= 15 is 0 Å². The predicted octanol–water partition coefficient (Wildman–Crippen LogP) is 8.34. The Morgan fingerprint density at radius 3 is 2.29 bits per heavy atom. The molecule has 1 atom stereocenters. The fraction of sp³-hybridized carbons (Fsp3) is 0.394. The number of aliphatic hydroxyl groups is 1. The molecule has 242 valence electrons. The van der Waals surface area contributed by atoms with Gasteiger partial charge in [0.15, 0.2) is 5.03 Å². The first-order chi connectivity index (χ1) is 20.8. The lowest BCUT2D eigenvalue weighted by molar-refractivity contribution is -0.164. The van der Waals surface area contributed by atoms with E-state index in [1.807, 2.05) is 65.0 Å². The van der Waals surface area contributed by atoms with Crippen LogP contribution in [0.1, 0.15) is 69.7 Å². The number of ether oxygens (including phenoxy) is 1. The summed E-state index contributed by atoms with van der Waals surface area (Å²) in [4.78, 5) is 17.7. The number of aromatic nitrogens is 1. The smallest absolute Gasteiger partial charge is 0.417 e. The average Bonchev–Trinajstić information content (AvgIpc) is 2.94. The van der Waals surface area contributed by atoms with Gasteiger partial charge in [-0.2, -0.15) is 21.6 Å². The number of benzene rings is 2. The summed E-state index contributed by atoms with van der Waals surface area (Å²) in [6.07, 6.45) is -2.80. The van der Waals surface area contributed by atoms with E-state index in [2.05, 4.69) is 9.71 Å². The molecule has 0 aliphatic carbocycles. The maximum Gasteiger partial charge on any atom is 0.417 e. The number of halogens is 3. The maximum atomic E-state index is 13.5. The first kappa shape index (κ1) is 34.4. The number of alkyl halides is 3. The van der Waals surface area contributed by atoms with Crippen LogP contribution in [0.2, 0.25) is 0 Å². The number of thioether (sulfide) groups is 1. The summed E-state index contributed by atoms with van der Waals surface area (Å²) in [5, 5.41) is 10.7. The Kier molecular flexibility index (Phi) is 9.70. The van der Waals surface area contributed by atoms with Crippen molar-refractivity contribution < 1.29 is 36.2 Å². The highest BCUT2D eigenvalue weighted by Gasteiger charge is 2.44. The van der Waals surface area contributed by atoms with Gasteiger partial charge in [0.25, 0.3) is 10.0 Å². The molecule has 2 N–H and O–H groups in total. The van der Waals surface area contributed by atoms with Crippen molar-refractivity contribution in [3.63, 3.8) is 0 Å². The Labute approximate surface area is 266 Å². The number of cyclic esters (lactones) is 1. The third kappa shape index (κ3) is 7.84. The SMILES string of the molecule is Cc1cc(SC2=C(O)C[C@@](CCc3ccccc3)(C(C)C)OC2=O)c(C(C)(C)C)cc1NS(=O)(=O)c1ccc(C(F)(F)F)cn1. The zero-order chi connectivity index (χ0) is 33.4. The van der Waals surface area contributed by atoms with Crippen molar-refractivity contribution in [3.8, 4) is 0 Å². The van der Waals surface area contributed by atoms with Crippen molar-refractivity contribution in [2.24, 2.45) is 5.92 Å². The summed E-state index contributed by atoms with van der Waals surface area (Å²) in [7, 11) is -4.32. The molecule has 0 saturated carbocycles. The second kappa shape index (κ2) is 12.7. The number of aliphatic hydroxyl groups excluding tert-OH is 1. The molecule has 7 nitrogen and oxygen atoms in total. The van der Waals surface area contributed by atoms with Gasteiger partial charge < -0.3 is 9.84 Å². The quantitative estimate of drug-likeness (QED) is 0.222. The predicted molar refractivity (Wildman–Crippen MR) is 168 cm³/mol. The molecule has 2 heterocycles. The number of aryl methyl sites for hydroxylation is 2. The Morgan fingerprint density at radius 1 is 1.09 bits per heavy atom. The Bertz CT molecular complexity index is 1700. The van der Waals surface area contributed by atoms with Gasteiger partial charge in [-0.15, -0.1) is 0 Å². The number of carbonyl (C=O) groups excluding carboxylic acids is 1. The third-order valence-electron chi connectivity index (χ3n) is 7.87. The highest BCUT2D eigenvalue weighted by Crippen LogP contribution is 2.46. The number of nitrogens with one attached hydrogen (secondary N) is 1. The molecule has 0 fully saturated rings. The molecule has 0 unspecified atom stereocenters. The molecule has 4 rings (SSSR count). The standard InChI is InChI=1S/C33H37F3N2O5S2/c1-20(2)32(15-14-22-10-8-7-9-11-22)18-26(39)29(30(40)43-32)44-27-16-21(3)25(17-24(27)31(4,5)6)38-45(41,42)28-13-12-23(19-37-28)33(34,35)36/h7-13,16-17,19-20,38-39H,14-15,18H2,1-6H3/t32-/m0/s1. The number of hydrogen-bond acceptors (Lipinski definition) is 7. The number of rotatable bonds is 9. The lowest BCUT2D eigenvalue weighted by atomic mass is 9.80. The number of hydrogen-bond donors (Lipinski definition) is 2. The van der Waals surface area contributed by atoms with Gasteiger partial charge in [0.2, 0.25) is 0 Å². The van der Waals surface area contributed by atoms with Crippen LogP contribution in [-0.4, -0.2) is 30.1 Å². The van der Waals surface area contributed by atoms with Gasteiger partial charge in [-0.25, -0.2) is 9.78 Å². The fourth-order valence-electron chi connectivity index (χ4n) is 5.08. The minimum absolute atomic E-state index is 0.0577. The number of anilines is 1. The van der Waals surface area contributed by atoms with Crippen LogP contribution in [-0.2, 0) is 37.6 Å². The van der Waals surface area contributed by atoms with Gasteiger partial charge in [-0.1, -0.05) is 76.7 Å². The summed E-state index contributed by atoms with van der Waals surface area (Å²) in [5.74, 6) is -0.743. The number of carbonyl (C=O) groups is 1. The van der Waals surface area contributed by atoms with E-state index in [1.54, 1.807) is 19.1 Å². The lowest BCUT2D eigenvalue weighted by Crippen LogP contribution is -2.44. The minimum Gasteiger partial charge on any atom is -0.511 e. The molecule has 2 aromatic carbocycles. The molecule has 3 aromatic rings. The molecule has 12 heteroatoms. The summed E-state index contributed by atoms with van der Waals surface area (Å²) in [6, 6.07) is 14.7. The van der Waals surface area contributed by atoms with Crippen molar-refractivity contribution >= 4 is 33.4 Å². The van der Waals surface area contributed by atoms with Crippen molar-refractivity contribution in [3.05, 3.63) is 93.7 Å². The van der Waals surface area contributed by atoms with Crippen molar-refractivity contribution in [2.45, 2.75) is 87.9 Å². The molecule has 1 aliphatic rings. The number of nitrogens with zero attached hydrogens (tertiary/aromatic N) is 1. The first-order valence-electron chi connectivity index (χ1n) is 14.4. The molecule has 0 bridgehead atoms. The van der Waals surface area contributed by atoms with E-state index in [0.29, 0.717) is 41.1 Å². The highest BCUT2D eigenvalue weighted by molar-refractivity contribution is 8.04. The van der Waals surface area contributed by atoms with Crippen molar-refractivity contribution in [1.82, 2.24) is 4.98 Å². The molecule has 45 heavy (non-hydrogen) atoms. The van der Waals surface area contributed by atoms with Crippen LogP contribution in [0.25, 0.3) is 0 Å². The first-order valence-corrected chi connectivity index (χ1v) is 16.7. The highest BCUT2D eigenvalue weighted by atomic mass is 32.2. The second-order valence-corrected chi connectivity index (χ2v) is 15.2. The van der Waals surface area contributed by atoms with Crippen LogP contribution >= 0.6 is 11.8 Å². The Balaban J connectivity index is 1.63. The van der Waals surface area contributed by atoms with Gasteiger partial charge in [0.05, 0.1) is 11.3 Å². The van der Waals surface area contributed by atoms with Crippen molar-refractivity contribution in [2.75, 3.05) is 4.72 Å². The summed E-state index contributed by atoms with van der Waals surface area (Å²) >= 11 is 1.06. The van der Waals surface area contributed by atoms with Crippen LogP contribution < -0.4 is 4.72 Å². The van der Waals surface area contributed by atoms with Gasteiger partial charge in [-0.3, -0.25) is 4.72 Å². The average molecular weight is 663 g/mol. The molecule has 0 radical (unpaired) electrons. The van der Waals surface area contributed by atoms with Gasteiger partial charge >= 0.3 is 12.1 Å². The van der Waals surface area contributed by atoms with Crippen LogP contribution in [0.4, 0.5) is 18.9 Å². The van der Waals surface area contributed by atoms with Gasteiger partial charge in [0.1, 0.15) is 16.3 Å². The molecule has 1 aliphatic heterocycles. The van der Waals surface area contributed by atoms with Crippen LogP contribution in [0.15, 0.2) is 81.4 Å². The van der Waals surface area contributed by atoms with Crippen LogP contribution in [0.5, 0.6) is 0 Å². The van der Waals surface area contributed by atoms with E-state index in [0.717, 1.165) is 23.4 Å². The van der Waals surface area contributed by atoms with E-state index in [1.165, 1.54) is 0 Å². The van der Waals surface area contributed by atoms with E-state index < -0.39 is 43.8 Å². The Hall–Kier alpha value is -3.51. The topological polar surface area (TPSA) is 106 Å². The molecule has 0 saturated heterocycles. The molecule has 0 spiro atoms. The molecule has 1 aromatic heterocycles. The molecular formula is C33H37F3N2O5S2. The van der Waals surface area contributed by atoms with Crippen LogP contribution in [0.3, 0.4) is 0 Å². The summed E-state index contributed by atoms with van der Waals surface area (Å²) in [6.45, 7) is 11.3. The van der Waals surface area contributed by atoms with E-state index in [9.17, 15) is 31.5 Å². The zero-order valence-electron chi connectivity index (χ0n) is 25.9. The number of sulfonamides is 1. The van der Waals surface area contributed by atoms with Gasteiger partial charge in [-0.05, 0) is 72.1 Å². The van der Waals surface area contributed by atoms with Crippen molar-refractivity contribution in [1.29, 1.82) is 0 Å².